The molecule has 6 heteroatoms. The Morgan fingerprint density at radius 2 is 2.11 bits per heavy atom. The first-order valence-electron chi connectivity index (χ1n) is 6.80. The van der Waals surface area contributed by atoms with Crippen molar-refractivity contribution >= 4 is 27.3 Å². The molecule has 2 heterocycles. The highest BCUT2D eigenvalue weighted by Crippen LogP contribution is 2.43. The van der Waals surface area contributed by atoms with E-state index in [-0.39, 0.29) is 11.5 Å². The van der Waals surface area contributed by atoms with E-state index in [9.17, 15) is 4.21 Å². The van der Waals surface area contributed by atoms with Crippen molar-refractivity contribution in [1.82, 2.24) is 4.98 Å². The molecular formula is C13H21N3OS2. The lowest BCUT2D eigenvalue weighted by Crippen LogP contribution is -2.37. The molecule has 19 heavy (non-hydrogen) atoms. The summed E-state index contributed by atoms with van der Waals surface area (Å²) in [5.74, 6) is 1.53. The number of hydrogen-bond donors (Lipinski definition) is 1. The number of hydrogen-bond acceptors (Lipinski definition) is 5. The van der Waals surface area contributed by atoms with Crippen LogP contribution in [0.5, 0.6) is 0 Å². The van der Waals surface area contributed by atoms with Crippen LogP contribution in [0.15, 0.2) is 0 Å². The van der Waals surface area contributed by atoms with E-state index in [1.807, 2.05) is 0 Å². The number of anilines is 1. The number of fused-ring (bicyclic) bond motifs is 1. The number of thiazole rings is 1. The summed E-state index contributed by atoms with van der Waals surface area (Å²) in [6.45, 7) is 6.24. The maximum absolute atomic E-state index is 11.4. The van der Waals surface area contributed by atoms with E-state index >= 15 is 0 Å². The molecule has 0 radical (unpaired) electrons. The van der Waals surface area contributed by atoms with Gasteiger partial charge in [0.2, 0.25) is 0 Å². The van der Waals surface area contributed by atoms with Crippen LogP contribution in [-0.4, -0.2) is 33.8 Å². The third-order valence-corrected chi connectivity index (χ3v) is 6.49. The molecule has 0 aromatic carbocycles. The highest BCUT2D eigenvalue weighted by Gasteiger charge is 2.34. The quantitative estimate of drug-likeness (QED) is 0.857. The van der Waals surface area contributed by atoms with Crippen LogP contribution in [-0.2, 0) is 17.2 Å². The summed E-state index contributed by atoms with van der Waals surface area (Å²) in [5.41, 5.74) is 7.73. The minimum absolute atomic E-state index is 0.129. The first-order valence-corrected chi connectivity index (χ1v) is 9.10. The number of nitrogens with zero attached hydrogens (tertiary/aromatic N) is 2. The molecule has 2 aliphatic rings. The number of rotatable bonds is 1. The van der Waals surface area contributed by atoms with Gasteiger partial charge in [-0.1, -0.05) is 25.2 Å². The predicted octanol–water partition coefficient (Wildman–Crippen LogP) is 1.68. The van der Waals surface area contributed by atoms with Crippen LogP contribution in [0.4, 0.5) is 5.13 Å². The average molecular weight is 299 g/mol. The van der Waals surface area contributed by atoms with Gasteiger partial charge in [0, 0.05) is 46.3 Å². The van der Waals surface area contributed by atoms with E-state index in [2.05, 4.69) is 18.7 Å². The minimum Gasteiger partial charge on any atom is -0.346 e. The Hall–Kier alpha value is -0.460. The highest BCUT2D eigenvalue weighted by molar-refractivity contribution is 7.85. The van der Waals surface area contributed by atoms with Gasteiger partial charge in [-0.15, -0.1) is 0 Å². The van der Waals surface area contributed by atoms with Gasteiger partial charge in [-0.25, -0.2) is 4.98 Å². The smallest absolute Gasteiger partial charge is 0.185 e. The van der Waals surface area contributed by atoms with Gasteiger partial charge in [-0.2, -0.15) is 0 Å². The zero-order valence-corrected chi connectivity index (χ0v) is 13.1. The fraction of sp³-hybridized carbons (Fsp3) is 0.769. The Kier molecular flexibility index (Phi) is 3.43. The molecule has 1 aromatic rings. The van der Waals surface area contributed by atoms with Crippen molar-refractivity contribution in [2.75, 3.05) is 29.5 Å². The summed E-state index contributed by atoms with van der Waals surface area (Å²) in [5, 5.41) is 1.08. The standard InChI is InChI=1S/C13H21N3OS2/c1-13(2)7-9(14)11-10(8-13)15-12(18-11)16-3-5-19(17)6-4-16/h9H,3-8,14H2,1-2H3. The lowest BCUT2D eigenvalue weighted by Gasteiger charge is -2.32. The van der Waals surface area contributed by atoms with E-state index in [0.29, 0.717) is 0 Å². The van der Waals surface area contributed by atoms with Gasteiger partial charge in [0.15, 0.2) is 5.13 Å². The summed E-state index contributed by atoms with van der Waals surface area (Å²) < 4.78 is 11.4. The molecular weight excluding hydrogens is 278 g/mol. The van der Waals surface area contributed by atoms with Crippen LogP contribution in [0.1, 0.15) is 36.9 Å². The zero-order valence-electron chi connectivity index (χ0n) is 11.5. The maximum Gasteiger partial charge on any atom is 0.185 e. The minimum atomic E-state index is -0.633. The molecule has 106 valence electrons. The van der Waals surface area contributed by atoms with Gasteiger partial charge in [-0.3, -0.25) is 4.21 Å². The summed E-state index contributed by atoms with van der Waals surface area (Å²) in [6.07, 6.45) is 2.05. The van der Waals surface area contributed by atoms with Crippen molar-refractivity contribution in [2.45, 2.75) is 32.7 Å². The molecule has 0 amide bonds. The lowest BCUT2D eigenvalue weighted by atomic mass is 9.77. The molecule has 1 aliphatic heterocycles. The van der Waals surface area contributed by atoms with Gasteiger partial charge in [0.1, 0.15) is 0 Å². The van der Waals surface area contributed by atoms with E-state index < -0.39 is 10.8 Å². The third kappa shape index (κ3) is 2.71. The molecule has 2 N–H and O–H groups in total. The normalized spacial score (nSPS) is 27.3. The first-order chi connectivity index (χ1) is 8.94. The summed E-state index contributed by atoms with van der Waals surface area (Å²) in [7, 11) is -0.633. The van der Waals surface area contributed by atoms with Gasteiger partial charge >= 0.3 is 0 Å². The Bertz CT molecular complexity index is 502. The number of nitrogens with two attached hydrogens (primary N) is 1. The van der Waals surface area contributed by atoms with Crippen molar-refractivity contribution in [3.05, 3.63) is 10.6 Å². The predicted molar refractivity (Wildman–Crippen MR) is 81.2 cm³/mol. The summed E-state index contributed by atoms with van der Waals surface area (Å²) >= 11 is 1.74. The van der Waals surface area contributed by atoms with Gasteiger partial charge in [0.25, 0.3) is 0 Å². The molecule has 1 fully saturated rings. The maximum atomic E-state index is 11.4. The van der Waals surface area contributed by atoms with Crippen LogP contribution >= 0.6 is 11.3 Å². The van der Waals surface area contributed by atoms with Gasteiger partial charge < -0.3 is 10.6 Å². The molecule has 1 atom stereocenters. The van der Waals surface area contributed by atoms with E-state index in [0.717, 1.165) is 42.6 Å². The van der Waals surface area contributed by atoms with E-state index in [1.165, 1.54) is 10.6 Å². The Balaban J connectivity index is 1.84. The van der Waals surface area contributed by atoms with Crippen LogP contribution in [0.2, 0.25) is 0 Å². The van der Waals surface area contributed by atoms with Crippen molar-refractivity contribution in [1.29, 1.82) is 0 Å². The third-order valence-electron chi connectivity index (χ3n) is 3.92. The molecule has 3 rings (SSSR count). The van der Waals surface area contributed by atoms with Crippen LogP contribution in [0, 0.1) is 5.41 Å². The molecule has 1 unspecified atom stereocenters. The zero-order chi connectivity index (χ0) is 13.6. The monoisotopic (exact) mass is 299 g/mol. The summed E-state index contributed by atoms with van der Waals surface area (Å²) in [6, 6.07) is 0.129. The van der Waals surface area contributed by atoms with Crippen molar-refractivity contribution in [2.24, 2.45) is 11.1 Å². The second-order valence-corrected chi connectivity index (χ2v) is 9.00. The highest BCUT2D eigenvalue weighted by atomic mass is 32.2. The van der Waals surface area contributed by atoms with Crippen LogP contribution < -0.4 is 10.6 Å². The second-order valence-electron chi connectivity index (χ2n) is 6.29. The Morgan fingerprint density at radius 3 is 2.79 bits per heavy atom. The SMILES string of the molecule is CC1(C)Cc2nc(N3CCS(=O)CC3)sc2C(N)C1. The fourth-order valence-corrected chi connectivity index (χ4v) is 5.13. The second kappa shape index (κ2) is 4.82. The van der Waals surface area contributed by atoms with Crippen molar-refractivity contribution in [3.63, 3.8) is 0 Å². The summed E-state index contributed by atoms with van der Waals surface area (Å²) in [4.78, 5) is 8.34. The van der Waals surface area contributed by atoms with Crippen LogP contribution in [0.3, 0.4) is 0 Å². The molecule has 1 saturated heterocycles. The lowest BCUT2D eigenvalue weighted by molar-refractivity contribution is 0.282. The number of aromatic nitrogens is 1. The van der Waals surface area contributed by atoms with Crippen molar-refractivity contribution < 1.29 is 4.21 Å². The Morgan fingerprint density at radius 1 is 1.42 bits per heavy atom. The fourth-order valence-electron chi connectivity index (χ4n) is 2.94. The molecule has 0 spiro atoms. The topological polar surface area (TPSA) is 59.2 Å². The van der Waals surface area contributed by atoms with Crippen LogP contribution in [0.25, 0.3) is 0 Å². The average Bonchev–Trinajstić information content (AvgIpc) is 2.72. The molecule has 0 saturated carbocycles. The molecule has 0 bridgehead atoms. The van der Waals surface area contributed by atoms with Gasteiger partial charge in [0.05, 0.1) is 5.69 Å². The largest absolute Gasteiger partial charge is 0.346 e. The van der Waals surface area contributed by atoms with Gasteiger partial charge in [-0.05, 0) is 18.3 Å². The van der Waals surface area contributed by atoms with E-state index in [1.54, 1.807) is 11.3 Å². The molecule has 1 aliphatic carbocycles. The Labute approximate surface area is 120 Å². The molecule has 1 aromatic heterocycles. The molecule has 4 nitrogen and oxygen atoms in total. The first kappa shape index (κ1) is 13.5. The van der Waals surface area contributed by atoms with E-state index in [4.69, 9.17) is 10.7 Å². The van der Waals surface area contributed by atoms with Crippen molar-refractivity contribution in [3.8, 4) is 0 Å².